The lowest BCUT2D eigenvalue weighted by atomic mass is 10.1. The number of hydrogen-bond donors (Lipinski definition) is 2. The second-order valence-corrected chi connectivity index (χ2v) is 4.47. The van der Waals surface area contributed by atoms with Crippen LogP contribution in [0.15, 0.2) is 18.2 Å². The molecule has 1 atom stereocenters. The van der Waals surface area contributed by atoms with Gasteiger partial charge in [0.05, 0.1) is 0 Å². The molecule has 0 aliphatic carbocycles. The van der Waals surface area contributed by atoms with Crippen LogP contribution in [-0.4, -0.2) is 23.0 Å². The van der Waals surface area contributed by atoms with Gasteiger partial charge in [-0.25, -0.2) is 4.79 Å². The molecule has 0 aromatic heterocycles. The monoisotopic (exact) mass is 269 g/mol. The van der Waals surface area contributed by atoms with Crippen molar-refractivity contribution in [1.29, 1.82) is 0 Å². The highest BCUT2D eigenvalue weighted by Crippen LogP contribution is 2.18. The van der Waals surface area contributed by atoms with Crippen molar-refractivity contribution in [3.63, 3.8) is 0 Å². The van der Waals surface area contributed by atoms with Crippen molar-refractivity contribution in [1.82, 2.24) is 5.32 Å². The fraction of sp³-hybridized carbons (Fsp3) is 0.385. The molecule has 0 aliphatic rings. The Hall–Kier alpha value is -1.55. The van der Waals surface area contributed by atoms with Gasteiger partial charge in [-0.3, -0.25) is 4.79 Å². The molecule has 98 valence electrons. The Bertz CT molecular complexity index is 460. The minimum atomic E-state index is -1.02. The molecule has 0 spiro atoms. The molecule has 0 bridgehead atoms. The van der Waals surface area contributed by atoms with Gasteiger partial charge in [0.15, 0.2) is 0 Å². The van der Waals surface area contributed by atoms with E-state index in [0.29, 0.717) is 29.0 Å². The number of benzene rings is 1. The molecule has 1 amide bonds. The summed E-state index contributed by atoms with van der Waals surface area (Å²) >= 11 is 5.92. The van der Waals surface area contributed by atoms with Gasteiger partial charge < -0.3 is 10.4 Å². The molecule has 0 saturated heterocycles. The summed E-state index contributed by atoms with van der Waals surface area (Å²) in [4.78, 5) is 22.9. The quantitative estimate of drug-likeness (QED) is 0.863. The highest BCUT2D eigenvalue weighted by atomic mass is 35.5. The number of hydrogen-bond acceptors (Lipinski definition) is 2. The number of amides is 1. The van der Waals surface area contributed by atoms with E-state index in [9.17, 15) is 9.59 Å². The Balaban J connectivity index is 2.87. The SMILES string of the molecule is CCC[C@H](NC(=O)c1cccc(Cl)c1C)C(=O)O. The highest BCUT2D eigenvalue weighted by molar-refractivity contribution is 6.31. The van der Waals surface area contributed by atoms with Gasteiger partial charge in [0, 0.05) is 10.6 Å². The lowest BCUT2D eigenvalue weighted by molar-refractivity contribution is -0.139. The van der Waals surface area contributed by atoms with E-state index in [4.69, 9.17) is 16.7 Å². The fourth-order valence-corrected chi connectivity index (χ4v) is 1.81. The van der Waals surface area contributed by atoms with Crippen LogP contribution in [0, 0.1) is 6.92 Å². The van der Waals surface area contributed by atoms with Crippen molar-refractivity contribution < 1.29 is 14.7 Å². The fourth-order valence-electron chi connectivity index (χ4n) is 1.64. The summed E-state index contributed by atoms with van der Waals surface area (Å²) < 4.78 is 0. The van der Waals surface area contributed by atoms with Crippen LogP contribution in [0.3, 0.4) is 0 Å². The first-order valence-corrected chi connectivity index (χ1v) is 6.14. The molecule has 0 saturated carbocycles. The largest absolute Gasteiger partial charge is 0.480 e. The zero-order valence-electron chi connectivity index (χ0n) is 10.4. The molecule has 0 aliphatic heterocycles. The maximum atomic E-state index is 12.0. The van der Waals surface area contributed by atoms with Crippen molar-refractivity contribution in [2.45, 2.75) is 32.7 Å². The molecule has 1 aromatic carbocycles. The van der Waals surface area contributed by atoms with Gasteiger partial charge in [-0.2, -0.15) is 0 Å². The van der Waals surface area contributed by atoms with Gasteiger partial charge >= 0.3 is 5.97 Å². The zero-order valence-corrected chi connectivity index (χ0v) is 11.1. The molecule has 0 radical (unpaired) electrons. The van der Waals surface area contributed by atoms with E-state index in [2.05, 4.69) is 5.32 Å². The van der Waals surface area contributed by atoms with Crippen LogP contribution in [0.1, 0.15) is 35.7 Å². The predicted octanol–water partition coefficient (Wildman–Crippen LogP) is 2.63. The highest BCUT2D eigenvalue weighted by Gasteiger charge is 2.20. The molecule has 2 N–H and O–H groups in total. The van der Waals surface area contributed by atoms with Gasteiger partial charge in [-0.1, -0.05) is 31.0 Å². The lowest BCUT2D eigenvalue weighted by Crippen LogP contribution is -2.40. The Morgan fingerprint density at radius 3 is 2.67 bits per heavy atom. The third kappa shape index (κ3) is 3.47. The number of carboxylic acid groups (broad SMARTS) is 1. The van der Waals surface area contributed by atoms with Crippen molar-refractivity contribution in [2.75, 3.05) is 0 Å². The molecule has 1 aromatic rings. The standard InChI is InChI=1S/C13H16ClNO3/c1-3-5-11(13(17)18)15-12(16)9-6-4-7-10(14)8(9)2/h4,6-7,11H,3,5H2,1-2H3,(H,15,16)(H,17,18)/t11-/m0/s1. The Labute approximate surface area is 111 Å². The Kier molecular flexibility index (Phi) is 5.16. The number of aliphatic carboxylic acids is 1. The minimum Gasteiger partial charge on any atom is -0.480 e. The summed E-state index contributed by atoms with van der Waals surface area (Å²) in [6, 6.07) is 4.12. The van der Waals surface area contributed by atoms with Crippen LogP contribution in [0.25, 0.3) is 0 Å². The van der Waals surface area contributed by atoms with E-state index >= 15 is 0 Å². The molecule has 0 heterocycles. The molecule has 4 nitrogen and oxygen atoms in total. The molecular weight excluding hydrogens is 254 g/mol. The lowest BCUT2D eigenvalue weighted by Gasteiger charge is -2.14. The molecular formula is C13H16ClNO3. The normalized spacial score (nSPS) is 11.9. The summed E-state index contributed by atoms with van der Waals surface area (Å²) in [7, 11) is 0. The van der Waals surface area contributed by atoms with Gasteiger partial charge in [0.1, 0.15) is 6.04 Å². The first kappa shape index (κ1) is 14.5. The number of carbonyl (C=O) groups is 2. The first-order valence-electron chi connectivity index (χ1n) is 5.76. The van der Waals surface area contributed by atoms with Crippen LogP contribution >= 0.6 is 11.6 Å². The maximum absolute atomic E-state index is 12.0. The van der Waals surface area contributed by atoms with Crippen LogP contribution in [0.5, 0.6) is 0 Å². The van der Waals surface area contributed by atoms with E-state index in [1.807, 2.05) is 6.92 Å². The van der Waals surface area contributed by atoms with E-state index in [1.54, 1.807) is 25.1 Å². The summed E-state index contributed by atoms with van der Waals surface area (Å²) in [5.41, 5.74) is 1.06. The Morgan fingerprint density at radius 1 is 1.44 bits per heavy atom. The second-order valence-electron chi connectivity index (χ2n) is 4.07. The topological polar surface area (TPSA) is 66.4 Å². The van der Waals surface area contributed by atoms with E-state index in [1.165, 1.54) is 0 Å². The summed E-state index contributed by atoms with van der Waals surface area (Å²) in [5.74, 6) is -1.43. The number of halogens is 1. The van der Waals surface area contributed by atoms with Crippen molar-refractivity contribution in [3.8, 4) is 0 Å². The summed E-state index contributed by atoms with van der Waals surface area (Å²) in [6.07, 6.45) is 1.09. The zero-order chi connectivity index (χ0) is 13.7. The molecule has 18 heavy (non-hydrogen) atoms. The smallest absolute Gasteiger partial charge is 0.326 e. The van der Waals surface area contributed by atoms with Gasteiger partial charge in [-0.05, 0) is 31.0 Å². The first-order chi connectivity index (χ1) is 8.47. The predicted molar refractivity (Wildman–Crippen MR) is 70.0 cm³/mol. The van der Waals surface area contributed by atoms with Gasteiger partial charge in [0.2, 0.25) is 0 Å². The number of carboxylic acids is 1. The number of nitrogens with one attached hydrogen (secondary N) is 1. The van der Waals surface area contributed by atoms with Crippen molar-refractivity contribution >= 4 is 23.5 Å². The van der Waals surface area contributed by atoms with Crippen LogP contribution in [0.4, 0.5) is 0 Å². The van der Waals surface area contributed by atoms with Gasteiger partial charge in [-0.15, -0.1) is 0 Å². The second kappa shape index (κ2) is 6.40. The van der Waals surface area contributed by atoms with E-state index in [-0.39, 0.29) is 0 Å². The average Bonchev–Trinajstić information content (AvgIpc) is 2.31. The van der Waals surface area contributed by atoms with Crippen LogP contribution in [0.2, 0.25) is 5.02 Å². The number of carbonyl (C=O) groups excluding carboxylic acids is 1. The van der Waals surface area contributed by atoms with Crippen LogP contribution in [-0.2, 0) is 4.79 Å². The van der Waals surface area contributed by atoms with E-state index in [0.717, 1.165) is 0 Å². The minimum absolute atomic E-state index is 0.403. The van der Waals surface area contributed by atoms with E-state index < -0.39 is 17.9 Å². The summed E-state index contributed by atoms with van der Waals surface area (Å²) in [5, 5.41) is 12.0. The maximum Gasteiger partial charge on any atom is 0.326 e. The molecule has 0 unspecified atom stereocenters. The number of rotatable bonds is 5. The third-order valence-corrected chi connectivity index (χ3v) is 3.10. The van der Waals surface area contributed by atoms with Crippen molar-refractivity contribution in [3.05, 3.63) is 34.3 Å². The Morgan fingerprint density at radius 2 is 2.11 bits per heavy atom. The molecule has 5 heteroatoms. The molecule has 0 fully saturated rings. The van der Waals surface area contributed by atoms with Crippen molar-refractivity contribution in [2.24, 2.45) is 0 Å². The average molecular weight is 270 g/mol. The third-order valence-electron chi connectivity index (χ3n) is 2.69. The van der Waals surface area contributed by atoms with Gasteiger partial charge in [0.25, 0.3) is 5.91 Å². The summed E-state index contributed by atoms with van der Waals surface area (Å²) in [6.45, 7) is 3.60. The van der Waals surface area contributed by atoms with Crippen LogP contribution < -0.4 is 5.32 Å². The molecule has 1 rings (SSSR count).